The summed E-state index contributed by atoms with van der Waals surface area (Å²) in [6, 6.07) is 40.5. The van der Waals surface area contributed by atoms with E-state index in [0.717, 1.165) is 40.9 Å². The molecule has 0 unspecified atom stereocenters. The van der Waals surface area contributed by atoms with Crippen LogP contribution in [0.15, 0.2) is 257 Å². The topological polar surface area (TPSA) is 380 Å². The number of rotatable bonds is 24. The third kappa shape index (κ3) is 31.5. The number of anilines is 4. The van der Waals surface area contributed by atoms with E-state index in [2.05, 4.69) is 143 Å². The largest absolute Gasteiger partial charge is 0.478 e. The predicted molar refractivity (Wildman–Crippen MR) is 506 cm³/mol. The number of H-pyrrole nitrogens is 1. The van der Waals surface area contributed by atoms with E-state index in [9.17, 15) is 43.2 Å². The number of carboxylic acids is 1. The lowest BCUT2D eigenvalue weighted by atomic mass is 10.1. The van der Waals surface area contributed by atoms with Crippen molar-refractivity contribution in [3.8, 4) is 0 Å². The molecule has 0 atom stereocenters. The van der Waals surface area contributed by atoms with Gasteiger partial charge in [0.25, 0.3) is 23.6 Å². The van der Waals surface area contributed by atoms with Crippen LogP contribution in [0, 0.1) is 0 Å². The zero-order chi connectivity index (χ0) is 95.8. The first-order chi connectivity index (χ1) is 61.9. The summed E-state index contributed by atoms with van der Waals surface area (Å²) < 4.78 is 13.9. The SMILES string of the molecule is C=CCN(Cc1ccccc1)c1c(C(=O)C=C)cnn1C.C=CCN(Cc1ccccc1)c1c(C(=O)N(C)C)cnn1C.CC(=O)c1cn[nH]c1.CC(=O)c1cnn(C)c1.CN(C)C(=O)c1cnn(C)c1.CN(C)C(=O)c1cnn(C)c1Br.CN(C)C(=O)c1cnn(C)c1NCc1ccccc1.Cn1cc(C(=O)O)cn1.Cn1ncc2c1N(Cc1ccccc1)CC=CC2=O. The summed E-state index contributed by atoms with van der Waals surface area (Å²) in [5.74, 6) is 2.11. The third-order valence-corrected chi connectivity index (χ3v) is 19.6. The molecule has 37 heteroatoms. The van der Waals surface area contributed by atoms with Crippen LogP contribution in [0.5, 0.6) is 0 Å². The first-order valence-electron chi connectivity index (χ1n) is 40.5. The number of amides is 4. The van der Waals surface area contributed by atoms with Gasteiger partial charge in [-0.1, -0.05) is 146 Å². The Morgan fingerprint density at radius 1 is 0.462 bits per heavy atom. The summed E-state index contributed by atoms with van der Waals surface area (Å²) in [6.07, 6.45) is 28.8. The summed E-state index contributed by atoms with van der Waals surface area (Å²) in [4.78, 5) is 115. The number of allylic oxidation sites excluding steroid dienone is 2. The smallest absolute Gasteiger partial charge is 0.338 e. The molecule has 1 aliphatic heterocycles. The summed E-state index contributed by atoms with van der Waals surface area (Å²) >= 11 is 3.27. The molecule has 0 saturated heterocycles. The maximum atomic E-state index is 12.4. The number of carboxylic acid groups (broad SMARTS) is 1. The maximum absolute atomic E-state index is 12.4. The number of nitrogens with one attached hydrogen (secondary N) is 2. The minimum absolute atomic E-state index is 0.0156. The Labute approximate surface area is 765 Å². The summed E-state index contributed by atoms with van der Waals surface area (Å²) in [7, 11) is 28.2. The zero-order valence-electron chi connectivity index (χ0n) is 76.7. The third-order valence-electron chi connectivity index (χ3n) is 18.6. The quantitative estimate of drug-likeness (QED) is 0.0287. The van der Waals surface area contributed by atoms with Gasteiger partial charge < -0.3 is 44.7 Å². The van der Waals surface area contributed by atoms with Crippen LogP contribution >= 0.6 is 15.9 Å². The molecule has 0 spiro atoms. The Morgan fingerprint density at radius 3 is 1.27 bits per heavy atom. The number of ketones is 4. The van der Waals surface area contributed by atoms with Crippen LogP contribution in [0.3, 0.4) is 0 Å². The van der Waals surface area contributed by atoms with Gasteiger partial charge in [0, 0.05) is 183 Å². The standard InChI is InChI=1S/C17H22N4O.C17H19N3O.C15H15N3O.C14H18N4O.C7H10BrN3O.C7H11N3O.C6H8N2O.C5H6N2O2.C5H6N2O/c1-5-11-21(13-14-9-7-6-8-10-14)16-15(12-18-20(16)4)17(22)19(2)3;1-4-11-20(13-14-9-7-6-8-10-14)17-15(16(21)5-2)12-18-19(17)3;1-17-15-13(10-16-17)14(19)8-5-9-18(15)11-12-6-3-2-4-7-12;1-17(2)14(19)12-10-16-18(3)13(12)15-9-11-7-5-4-6-8-11;1-10(2)7(12)5-4-9-11(3)6(5)8;1-9(2)7(11)6-4-8-10(3)5-6;1-5(9)6-3-7-8(2)4-6;1-7-3-4(2-6-7)5(8)9;1-4(8)5-2-6-7-3-5/h5-10,12H,1,11,13H2,2-4H3;4-10,12H,1-2,11,13H2,3H3;2-8,10H,9,11H2,1H3;4-8,10,15H,9H2,1-3H3;4H,1-3H3;4-5H,1-3H3;3-4H,1-2H3;2-3H,1H3,(H,8,9);2-3H,1H3,(H,6,7). The van der Waals surface area contributed by atoms with E-state index in [4.69, 9.17) is 5.11 Å². The lowest BCUT2D eigenvalue weighted by Crippen LogP contribution is -2.29. The number of aromatic carboxylic acids is 1. The molecule has 14 rings (SSSR count). The molecule has 4 amide bonds. The normalized spacial score (nSPS) is 10.6. The Balaban J connectivity index is 0.000000230. The second-order valence-electron chi connectivity index (χ2n) is 29.8. The van der Waals surface area contributed by atoms with E-state index < -0.39 is 5.97 Å². The number of nitrogens with zero attached hydrogens (tertiary/aromatic N) is 24. The lowest BCUT2D eigenvalue weighted by Gasteiger charge is -2.25. The molecule has 10 heterocycles. The fraction of sp³-hybridized carbons (Fsp3) is 0.269. The molecule has 1 aliphatic rings. The van der Waals surface area contributed by atoms with E-state index in [1.807, 2.05) is 131 Å². The molecule has 684 valence electrons. The van der Waals surface area contributed by atoms with Crippen molar-refractivity contribution in [2.75, 3.05) is 96.0 Å². The molecule has 0 bridgehead atoms. The van der Waals surface area contributed by atoms with Crippen LogP contribution in [0.4, 0.5) is 23.3 Å². The number of carbonyl (C=O) groups is 9. The number of aryl methyl sites for hydroxylation is 8. The second-order valence-corrected chi connectivity index (χ2v) is 30.5. The van der Waals surface area contributed by atoms with Crippen molar-refractivity contribution in [3.05, 3.63) is 329 Å². The van der Waals surface area contributed by atoms with E-state index >= 15 is 0 Å². The molecule has 130 heavy (non-hydrogen) atoms. The van der Waals surface area contributed by atoms with Gasteiger partial charge in [0.1, 0.15) is 39.0 Å². The number of aromatic amines is 1. The molecule has 0 aliphatic carbocycles. The van der Waals surface area contributed by atoms with Crippen molar-refractivity contribution in [1.82, 2.24) is 108 Å². The van der Waals surface area contributed by atoms with Crippen molar-refractivity contribution < 1.29 is 48.3 Å². The van der Waals surface area contributed by atoms with Gasteiger partial charge in [-0.3, -0.25) is 80.9 Å². The molecule has 4 aromatic carbocycles. The Hall–Kier alpha value is -15.6. The van der Waals surface area contributed by atoms with Gasteiger partial charge in [-0.2, -0.15) is 45.9 Å². The van der Waals surface area contributed by atoms with E-state index in [0.29, 0.717) is 88.4 Å². The van der Waals surface area contributed by atoms with Crippen LogP contribution < -0.4 is 20.0 Å². The molecule has 9 aromatic heterocycles. The molecule has 0 radical (unpaired) electrons. The Morgan fingerprint density at radius 2 is 0.869 bits per heavy atom. The van der Waals surface area contributed by atoms with Crippen molar-refractivity contribution >= 4 is 91.9 Å². The fourth-order valence-electron chi connectivity index (χ4n) is 12.0. The number of fused-ring (bicyclic) bond motifs is 1. The summed E-state index contributed by atoms with van der Waals surface area (Å²) in [5.41, 5.74) is 9.86. The molecule has 0 saturated carbocycles. The summed E-state index contributed by atoms with van der Waals surface area (Å²) in [6.45, 7) is 19.0. The zero-order valence-corrected chi connectivity index (χ0v) is 78.3. The summed E-state index contributed by atoms with van der Waals surface area (Å²) in [5, 5.41) is 49.9. The average Bonchev–Trinajstić information content (AvgIpc) is 1.66. The predicted octanol–water partition coefficient (Wildman–Crippen LogP) is 11.6. The highest BCUT2D eigenvalue weighted by Gasteiger charge is 2.26. The van der Waals surface area contributed by atoms with Crippen molar-refractivity contribution in [2.24, 2.45) is 56.4 Å². The van der Waals surface area contributed by atoms with E-state index in [-0.39, 0.29) is 52.3 Å². The highest BCUT2D eigenvalue weighted by Crippen LogP contribution is 2.28. The van der Waals surface area contributed by atoms with Gasteiger partial charge in [0.2, 0.25) is 0 Å². The van der Waals surface area contributed by atoms with Crippen LogP contribution in [0.2, 0.25) is 0 Å². The molecular weight excluding hydrogens is 1720 g/mol. The fourth-order valence-corrected chi connectivity index (χ4v) is 12.4. The number of carbonyl (C=O) groups excluding carboxylic acids is 8. The van der Waals surface area contributed by atoms with Crippen LogP contribution in [0.1, 0.15) is 129 Å². The lowest BCUT2D eigenvalue weighted by molar-refractivity contribution is 0.0694. The number of aromatic nitrogens is 18. The first-order valence-corrected chi connectivity index (χ1v) is 41.3. The first kappa shape index (κ1) is 103. The van der Waals surface area contributed by atoms with Gasteiger partial charge in [0.05, 0.1) is 94.7 Å². The van der Waals surface area contributed by atoms with Crippen molar-refractivity contribution in [1.29, 1.82) is 0 Å². The van der Waals surface area contributed by atoms with E-state index in [1.165, 1.54) is 64.1 Å². The van der Waals surface area contributed by atoms with Gasteiger partial charge in [-0.25, -0.2) is 4.79 Å². The van der Waals surface area contributed by atoms with Gasteiger partial charge in [-0.15, -0.1) is 13.2 Å². The molecule has 0 fully saturated rings. The van der Waals surface area contributed by atoms with Gasteiger partial charge in [-0.05, 0) is 64.2 Å². The average molecular weight is 1840 g/mol. The molecule has 36 nitrogen and oxygen atoms in total. The van der Waals surface area contributed by atoms with Crippen LogP contribution in [-0.2, 0) is 82.6 Å². The highest BCUT2D eigenvalue weighted by atomic mass is 79.9. The molecule has 13 aromatic rings. The van der Waals surface area contributed by atoms with Gasteiger partial charge in [0.15, 0.2) is 23.1 Å². The second kappa shape index (κ2) is 51.8. The Kier molecular flexibility index (Phi) is 41.1. The van der Waals surface area contributed by atoms with Crippen molar-refractivity contribution in [3.63, 3.8) is 0 Å². The number of Topliss-reactive ketones (excluding diaryl/α,β-unsaturated/α-hetero) is 2. The minimum Gasteiger partial charge on any atom is -0.478 e. The van der Waals surface area contributed by atoms with Crippen LogP contribution in [-0.4, -0.2) is 242 Å². The van der Waals surface area contributed by atoms with Gasteiger partial charge >= 0.3 is 5.97 Å². The molecule has 3 N–H and O–H groups in total. The van der Waals surface area contributed by atoms with E-state index in [1.54, 1.807) is 195 Å². The molecular formula is C93H115BrN26O10. The van der Waals surface area contributed by atoms with Crippen LogP contribution in [0.25, 0.3) is 0 Å². The highest BCUT2D eigenvalue weighted by molar-refractivity contribution is 9.10. The maximum Gasteiger partial charge on any atom is 0.338 e. The number of hydrogen-bond donors (Lipinski definition) is 3. The Bertz CT molecular complexity index is 5820. The monoisotopic (exact) mass is 1830 g/mol. The number of hydrogen-bond acceptors (Lipinski definition) is 22. The minimum atomic E-state index is -0.942. The number of halogens is 1. The van der Waals surface area contributed by atoms with Crippen molar-refractivity contribution in [2.45, 2.75) is 40.0 Å². The number of benzene rings is 4.